The van der Waals surface area contributed by atoms with Gasteiger partial charge >= 0.3 is 0 Å². The molecule has 1 aliphatic heterocycles. The molecule has 1 aromatic heterocycles. The average Bonchev–Trinajstić information content (AvgIpc) is 2.86. The topological polar surface area (TPSA) is 34.9 Å². The molecule has 1 aliphatic rings. The minimum absolute atomic E-state index is 0.163. The van der Waals surface area contributed by atoms with E-state index in [0.717, 1.165) is 31.0 Å². The predicted octanol–water partition coefficient (Wildman–Crippen LogP) is 3.03. The summed E-state index contributed by atoms with van der Waals surface area (Å²) in [5.74, 6) is 3.56. The largest absolute Gasteiger partial charge is 0.335 e. The summed E-state index contributed by atoms with van der Waals surface area (Å²) in [6.45, 7) is 5.28. The van der Waals surface area contributed by atoms with Crippen LogP contribution in [0, 0.1) is 0 Å². The van der Waals surface area contributed by atoms with Crippen LogP contribution in [-0.4, -0.2) is 37.3 Å². The van der Waals surface area contributed by atoms with Crippen molar-refractivity contribution in [1.29, 1.82) is 0 Å². The number of ketones is 1. The third-order valence-corrected chi connectivity index (χ3v) is 6.66. The number of rotatable bonds is 6. The molecule has 2 unspecified atom stereocenters. The van der Waals surface area contributed by atoms with Crippen LogP contribution in [0.4, 0.5) is 0 Å². The van der Waals surface area contributed by atoms with Crippen LogP contribution in [0.3, 0.4) is 0 Å². The summed E-state index contributed by atoms with van der Waals surface area (Å²) in [6, 6.07) is 0. The Morgan fingerprint density at radius 1 is 1.42 bits per heavy atom. The van der Waals surface area contributed by atoms with E-state index in [1.54, 1.807) is 6.20 Å². The van der Waals surface area contributed by atoms with Crippen LogP contribution >= 0.6 is 23.5 Å². The van der Waals surface area contributed by atoms with E-state index in [0.29, 0.717) is 17.5 Å². The van der Waals surface area contributed by atoms with Crippen molar-refractivity contribution >= 4 is 29.3 Å². The molecule has 2 atom stereocenters. The number of aromatic nitrogens is 2. The molecule has 0 amide bonds. The van der Waals surface area contributed by atoms with Gasteiger partial charge in [0.05, 0.1) is 11.7 Å². The molecule has 2 heterocycles. The molecule has 2 rings (SSSR count). The zero-order chi connectivity index (χ0) is 13.7. The van der Waals surface area contributed by atoms with Crippen molar-refractivity contribution in [1.82, 2.24) is 9.55 Å². The van der Waals surface area contributed by atoms with E-state index >= 15 is 0 Å². The maximum atomic E-state index is 12.5. The summed E-state index contributed by atoms with van der Waals surface area (Å²) < 4.78 is 2.11. The lowest BCUT2D eigenvalue weighted by atomic mass is 10.1. The van der Waals surface area contributed by atoms with Gasteiger partial charge in [-0.15, -0.1) is 11.8 Å². The van der Waals surface area contributed by atoms with E-state index in [9.17, 15) is 4.79 Å². The van der Waals surface area contributed by atoms with Crippen LogP contribution in [0.15, 0.2) is 12.4 Å². The smallest absolute Gasteiger partial charge is 0.154 e. The van der Waals surface area contributed by atoms with Crippen molar-refractivity contribution in [3.8, 4) is 0 Å². The second-order valence-corrected chi connectivity index (χ2v) is 7.39. The average molecular weight is 298 g/mol. The quantitative estimate of drug-likeness (QED) is 0.808. The van der Waals surface area contributed by atoms with E-state index in [1.165, 1.54) is 5.75 Å². The maximum absolute atomic E-state index is 12.5. The normalized spacial score (nSPS) is 23.5. The first-order valence-corrected chi connectivity index (χ1v) is 9.12. The molecule has 5 heteroatoms. The Kier molecular flexibility index (Phi) is 5.82. The molecule has 1 fully saturated rings. The van der Waals surface area contributed by atoms with Gasteiger partial charge in [-0.1, -0.05) is 13.8 Å². The van der Waals surface area contributed by atoms with E-state index in [2.05, 4.69) is 23.4 Å². The van der Waals surface area contributed by atoms with E-state index < -0.39 is 0 Å². The van der Waals surface area contributed by atoms with Gasteiger partial charge in [0.25, 0.3) is 0 Å². The van der Waals surface area contributed by atoms with Crippen molar-refractivity contribution in [2.24, 2.45) is 0 Å². The first-order valence-electron chi connectivity index (χ1n) is 7.02. The number of aryl methyl sites for hydroxylation is 1. The van der Waals surface area contributed by atoms with Crippen molar-refractivity contribution in [3.05, 3.63) is 18.2 Å². The third-order valence-electron chi connectivity index (χ3n) is 3.37. The van der Waals surface area contributed by atoms with Crippen molar-refractivity contribution in [3.63, 3.8) is 0 Å². The lowest BCUT2D eigenvalue weighted by Crippen LogP contribution is -2.34. The van der Waals surface area contributed by atoms with Gasteiger partial charge in [0.2, 0.25) is 0 Å². The summed E-state index contributed by atoms with van der Waals surface area (Å²) in [6.07, 6.45) is 6.42. The number of hydrogen-bond donors (Lipinski definition) is 0. The number of imidazole rings is 1. The Morgan fingerprint density at radius 2 is 2.21 bits per heavy atom. The molecule has 3 nitrogen and oxygen atoms in total. The molecule has 0 bridgehead atoms. The van der Waals surface area contributed by atoms with Crippen molar-refractivity contribution in [2.45, 2.75) is 50.2 Å². The number of thioether (sulfide) groups is 2. The minimum atomic E-state index is 0.163. The lowest BCUT2D eigenvalue weighted by molar-refractivity contribution is -0.118. The molecule has 0 radical (unpaired) electrons. The monoisotopic (exact) mass is 298 g/mol. The Hall–Kier alpha value is -0.420. The summed E-state index contributed by atoms with van der Waals surface area (Å²) in [5.41, 5.74) is 0. The van der Waals surface area contributed by atoms with E-state index in [1.807, 2.05) is 29.7 Å². The number of Topliss-reactive ketones (excluding diaryl/α,β-unsaturated/α-hetero) is 1. The number of carbonyl (C=O) groups excluding carboxylic acids is 1. The fraction of sp³-hybridized carbons (Fsp3) is 0.714. The highest BCUT2D eigenvalue weighted by Crippen LogP contribution is 2.34. The lowest BCUT2D eigenvalue weighted by Gasteiger charge is -2.28. The summed E-state index contributed by atoms with van der Waals surface area (Å²) in [5, 5.41) is 0.649. The highest BCUT2D eigenvalue weighted by Gasteiger charge is 2.31. The number of hydrogen-bond acceptors (Lipinski definition) is 4. The van der Waals surface area contributed by atoms with Gasteiger partial charge in [0.15, 0.2) is 5.78 Å². The first-order chi connectivity index (χ1) is 9.26. The van der Waals surface area contributed by atoms with Gasteiger partial charge in [0, 0.05) is 35.7 Å². The van der Waals surface area contributed by atoms with Gasteiger partial charge in [-0.3, -0.25) is 4.79 Å². The summed E-state index contributed by atoms with van der Waals surface area (Å²) in [7, 11) is 0. The molecule has 19 heavy (non-hydrogen) atoms. The van der Waals surface area contributed by atoms with Gasteiger partial charge < -0.3 is 4.57 Å². The highest BCUT2D eigenvalue weighted by atomic mass is 32.2. The molecular formula is C14H22N2OS2. The fourth-order valence-electron chi connectivity index (χ4n) is 2.41. The molecule has 106 valence electrons. The highest BCUT2D eigenvalue weighted by molar-refractivity contribution is 8.07. The Balaban J connectivity index is 2.01. The molecular weight excluding hydrogens is 276 g/mol. The van der Waals surface area contributed by atoms with E-state index in [-0.39, 0.29) is 5.25 Å². The second kappa shape index (κ2) is 7.39. The zero-order valence-corrected chi connectivity index (χ0v) is 13.3. The van der Waals surface area contributed by atoms with Gasteiger partial charge in [-0.2, -0.15) is 11.8 Å². The van der Waals surface area contributed by atoms with Crippen molar-refractivity contribution < 1.29 is 4.79 Å². The van der Waals surface area contributed by atoms with Crippen LogP contribution < -0.4 is 0 Å². The van der Waals surface area contributed by atoms with Gasteiger partial charge in [0.1, 0.15) is 5.82 Å². The zero-order valence-electron chi connectivity index (χ0n) is 11.7. The van der Waals surface area contributed by atoms with Gasteiger partial charge in [-0.05, 0) is 12.8 Å². The first kappa shape index (κ1) is 15.0. The summed E-state index contributed by atoms with van der Waals surface area (Å²) >= 11 is 3.80. The predicted molar refractivity (Wildman–Crippen MR) is 84.0 cm³/mol. The Labute approximate surface area is 123 Å². The van der Waals surface area contributed by atoms with Crippen LogP contribution in [0.25, 0.3) is 0 Å². The van der Waals surface area contributed by atoms with Crippen molar-refractivity contribution in [2.75, 3.05) is 11.5 Å². The third kappa shape index (κ3) is 3.78. The Morgan fingerprint density at radius 3 is 2.95 bits per heavy atom. The number of carbonyl (C=O) groups is 1. The molecule has 0 saturated carbocycles. The Bertz CT molecular complexity index is 419. The SMILES string of the molecule is CCCn1ccnc1CC(=O)C1SCCSC1CC. The molecule has 1 saturated heterocycles. The maximum Gasteiger partial charge on any atom is 0.154 e. The van der Waals surface area contributed by atoms with Crippen LogP contribution in [0.1, 0.15) is 32.5 Å². The van der Waals surface area contributed by atoms with Crippen LogP contribution in [-0.2, 0) is 17.8 Å². The standard InChI is InChI=1S/C14H22N2OS2/c1-3-6-16-7-5-15-13(16)10-11(17)14-12(4-2)18-8-9-19-14/h5,7,12,14H,3-4,6,8-10H2,1-2H3. The molecule has 0 aromatic carbocycles. The minimum Gasteiger partial charge on any atom is -0.335 e. The van der Waals surface area contributed by atoms with Crippen LogP contribution in [0.5, 0.6) is 0 Å². The molecule has 1 aromatic rings. The summed E-state index contributed by atoms with van der Waals surface area (Å²) in [4.78, 5) is 16.9. The second-order valence-electron chi connectivity index (χ2n) is 4.79. The molecule has 0 N–H and O–H groups in total. The van der Waals surface area contributed by atoms with Crippen LogP contribution in [0.2, 0.25) is 0 Å². The fourth-order valence-corrected chi connectivity index (χ4v) is 5.45. The number of nitrogens with zero attached hydrogens (tertiary/aromatic N) is 2. The van der Waals surface area contributed by atoms with Gasteiger partial charge in [-0.25, -0.2) is 4.98 Å². The van der Waals surface area contributed by atoms with E-state index in [4.69, 9.17) is 0 Å². The molecule has 0 spiro atoms. The molecule has 0 aliphatic carbocycles.